The fourth-order valence-corrected chi connectivity index (χ4v) is 8.36. The molecule has 360 valence electrons. The van der Waals surface area contributed by atoms with E-state index in [0.717, 1.165) is 64.2 Å². The van der Waals surface area contributed by atoms with E-state index in [1.54, 1.807) is 0 Å². The summed E-state index contributed by atoms with van der Waals surface area (Å²) >= 11 is 0. The normalized spacial score (nSPS) is 13.3. The average molecular weight is 860 g/mol. The topological polar surface area (TPSA) is 95.9 Å². The monoisotopic (exact) mass is 860 g/mol. The molecular weight excluding hydrogens is 755 g/mol. The highest BCUT2D eigenvalue weighted by Gasteiger charge is 2.24. The maximum absolute atomic E-state index is 13.2. The third-order valence-electron chi connectivity index (χ3n) is 12.5. The summed E-state index contributed by atoms with van der Waals surface area (Å²) in [6.45, 7) is 6.47. The first kappa shape index (κ1) is 59.3. The second-order valence-corrected chi connectivity index (χ2v) is 18.6. The maximum Gasteiger partial charge on any atom is 0.306 e. The Kier molecular flexibility index (Phi) is 48.0. The molecule has 0 radical (unpaired) electrons. The van der Waals surface area contributed by atoms with Gasteiger partial charge >= 0.3 is 5.97 Å². The molecule has 3 unspecified atom stereocenters. The van der Waals surface area contributed by atoms with Gasteiger partial charge in [0.1, 0.15) is 6.10 Å². The molecule has 6 nitrogen and oxygen atoms in total. The first-order valence-corrected chi connectivity index (χ1v) is 27.1. The molecule has 0 aliphatic rings. The van der Waals surface area contributed by atoms with Crippen LogP contribution in [0, 0.1) is 0 Å². The van der Waals surface area contributed by atoms with Gasteiger partial charge in [0.05, 0.1) is 25.2 Å². The lowest BCUT2D eigenvalue weighted by Gasteiger charge is -2.24. The lowest BCUT2D eigenvalue weighted by molar-refractivity contribution is -0.151. The van der Waals surface area contributed by atoms with E-state index in [1.165, 1.54) is 180 Å². The molecule has 3 atom stereocenters. The van der Waals surface area contributed by atoms with Crippen molar-refractivity contribution >= 4 is 11.9 Å². The van der Waals surface area contributed by atoms with Crippen molar-refractivity contribution in [3.05, 3.63) is 24.3 Å². The van der Waals surface area contributed by atoms with Gasteiger partial charge in [-0.15, -0.1) is 0 Å². The molecule has 0 saturated heterocycles. The molecule has 0 spiro atoms. The quantitative estimate of drug-likeness (QED) is 0.0322. The van der Waals surface area contributed by atoms with Gasteiger partial charge in [-0.25, -0.2) is 0 Å². The summed E-state index contributed by atoms with van der Waals surface area (Å²) in [7, 11) is 0. The highest BCUT2D eigenvalue weighted by molar-refractivity contribution is 5.77. The van der Waals surface area contributed by atoms with Gasteiger partial charge in [0.2, 0.25) is 5.91 Å². The third kappa shape index (κ3) is 44.7. The highest BCUT2D eigenvalue weighted by atomic mass is 16.5. The molecule has 0 aromatic rings. The second-order valence-electron chi connectivity index (χ2n) is 18.6. The van der Waals surface area contributed by atoms with Crippen LogP contribution in [-0.4, -0.2) is 46.9 Å². The van der Waals surface area contributed by atoms with Crippen LogP contribution in [0.1, 0.15) is 290 Å². The van der Waals surface area contributed by atoms with Crippen LogP contribution >= 0.6 is 0 Å². The number of aliphatic hydroxyl groups is 2. The van der Waals surface area contributed by atoms with Gasteiger partial charge in [-0.2, -0.15) is 0 Å². The Morgan fingerprint density at radius 1 is 0.459 bits per heavy atom. The predicted molar refractivity (Wildman–Crippen MR) is 264 cm³/mol. The van der Waals surface area contributed by atoms with Gasteiger partial charge < -0.3 is 20.3 Å². The smallest absolute Gasteiger partial charge is 0.306 e. The molecule has 0 saturated carbocycles. The summed E-state index contributed by atoms with van der Waals surface area (Å²) in [4.78, 5) is 26.2. The molecule has 61 heavy (non-hydrogen) atoms. The molecule has 0 rings (SSSR count). The van der Waals surface area contributed by atoms with E-state index in [4.69, 9.17) is 4.74 Å². The van der Waals surface area contributed by atoms with E-state index in [2.05, 4.69) is 50.4 Å². The van der Waals surface area contributed by atoms with E-state index in [9.17, 15) is 19.8 Å². The molecule has 0 fully saturated rings. The van der Waals surface area contributed by atoms with Crippen molar-refractivity contribution in [2.75, 3.05) is 6.61 Å². The molecule has 0 aliphatic carbocycles. The van der Waals surface area contributed by atoms with Crippen LogP contribution in [0.25, 0.3) is 0 Å². The summed E-state index contributed by atoms with van der Waals surface area (Å²) < 4.78 is 5.94. The summed E-state index contributed by atoms with van der Waals surface area (Å²) in [5, 5.41) is 23.7. The highest BCUT2D eigenvalue weighted by Crippen LogP contribution is 2.18. The standard InChI is InChI=1S/C55H105NO5/c1-4-7-10-13-16-19-22-24-25-26-27-28-29-31-33-36-39-42-45-48-55(60)61-51(46-43-40-37-34-32-30-23-20-17-14-11-8-5-2)49-54(59)56-52(50-57)53(58)47-44-41-38-35-21-18-15-12-9-6-3/h20,23-25,51-53,57-58H,4-19,21-22,26-50H2,1-3H3,(H,56,59)/b23-20-,25-24+. The van der Waals surface area contributed by atoms with E-state index >= 15 is 0 Å². The molecule has 3 N–H and O–H groups in total. The van der Waals surface area contributed by atoms with Crippen LogP contribution in [0.4, 0.5) is 0 Å². The lowest BCUT2D eigenvalue weighted by Crippen LogP contribution is -2.46. The van der Waals surface area contributed by atoms with Crippen molar-refractivity contribution in [2.24, 2.45) is 0 Å². The number of carbonyl (C=O) groups is 2. The zero-order valence-corrected chi connectivity index (χ0v) is 41.1. The van der Waals surface area contributed by atoms with Crippen LogP contribution < -0.4 is 5.32 Å². The fraction of sp³-hybridized carbons (Fsp3) is 0.891. The Balaban J connectivity index is 4.49. The van der Waals surface area contributed by atoms with Crippen molar-refractivity contribution < 1.29 is 24.5 Å². The summed E-state index contributed by atoms with van der Waals surface area (Å²) in [5.74, 6) is -0.472. The van der Waals surface area contributed by atoms with Gasteiger partial charge in [0, 0.05) is 6.42 Å². The molecule has 6 heteroatoms. The number of carbonyl (C=O) groups excluding carboxylic acids is 2. The van der Waals surface area contributed by atoms with E-state index in [-0.39, 0.29) is 24.9 Å². The molecular formula is C55H105NO5. The van der Waals surface area contributed by atoms with Crippen molar-refractivity contribution in [3.8, 4) is 0 Å². The number of amides is 1. The molecule has 0 heterocycles. The van der Waals surface area contributed by atoms with Gasteiger partial charge in [-0.05, 0) is 77.0 Å². The minimum Gasteiger partial charge on any atom is -0.462 e. The molecule has 0 bridgehead atoms. The van der Waals surface area contributed by atoms with Crippen LogP contribution in [-0.2, 0) is 14.3 Å². The van der Waals surface area contributed by atoms with Crippen LogP contribution in [0.15, 0.2) is 24.3 Å². The molecule has 0 aliphatic heterocycles. The second kappa shape index (κ2) is 49.4. The number of hydrogen-bond donors (Lipinski definition) is 3. The number of hydrogen-bond acceptors (Lipinski definition) is 5. The number of unbranched alkanes of at least 4 members (excludes halogenated alkanes) is 33. The minimum atomic E-state index is -0.785. The van der Waals surface area contributed by atoms with E-state index in [1.807, 2.05) is 0 Å². The van der Waals surface area contributed by atoms with Crippen molar-refractivity contribution in [1.82, 2.24) is 5.32 Å². The van der Waals surface area contributed by atoms with Crippen molar-refractivity contribution in [2.45, 2.75) is 309 Å². The number of nitrogens with one attached hydrogen (secondary N) is 1. The van der Waals surface area contributed by atoms with E-state index in [0.29, 0.717) is 19.3 Å². The number of esters is 1. The number of ether oxygens (including phenoxy) is 1. The van der Waals surface area contributed by atoms with Crippen LogP contribution in [0.2, 0.25) is 0 Å². The molecule has 0 aromatic heterocycles. The van der Waals surface area contributed by atoms with Crippen LogP contribution in [0.5, 0.6) is 0 Å². The van der Waals surface area contributed by atoms with Gasteiger partial charge in [0.15, 0.2) is 0 Å². The Hall–Kier alpha value is -1.66. The van der Waals surface area contributed by atoms with Gasteiger partial charge in [0.25, 0.3) is 0 Å². The summed E-state index contributed by atoms with van der Waals surface area (Å²) in [6, 6.07) is -0.700. The zero-order chi connectivity index (χ0) is 44.5. The largest absolute Gasteiger partial charge is 0.462 e. The van der Waals surface area contributed by atoms with Crippen molar-refractivity contribution in [3.63, 3.8) is 0 Å². The van der Waals surface area contributed by atoms with Crippen LogP contribution in [0.3, 0.4) is 0 Å². The SMILES string of the molecule is CCCCCC/C=C\CCCCCCCC(CC(=O)NC(CO)C(O)CCCCCCCCCCCC)OC(=O)CCCCCCCCCCC/C=C/CCCCCCCC. The van der Waals surface area contributed by atoms with Gasteiger partial charge in [-0.3, -0.25) is 9.59 Å². The fourth-order valence-electron chi connectivity index (χ4n) is 8.36. The van der Waals surface area contributed by atoms with Gasteiger partial charge in [-0.1, -0.05) is 225 Å². The Labute approximate surface area is 380 Å². The lowest BCUT2D eigenvalue weighted by atomic mass is 10.0. The molecule has 1 amide bonds. The van der Waals surface area contributed by atoms with E-state index < -0.39 is 18.2 Å². The Morgan fingerprint density at radius 2 is 0.787 bits per heavy atom. The Bertz CT molecular complexity index is 966. The average Bonchev–Trinajstić information content (AvgIpc) is 3.25. The van der Waals surface area contributed by atoms with Crippen molar-refractivity contribution in [1.29, 1.82) is 0 Å². The number of aliphatic hydroxyl groups excluding tert-OH is 2. The zero-order valence-electron chi connectivity index (χ0n) is 41.1. The first-order valence-electron chi connectivity index (χ1n) is 27.1. The Morgan fingerprint density at radius 3 is 1.18 bits per heavy atom. The summed E-state index contributed by atoms with van der Waals surface area (Å²) in [6.07, 6.45) is 56.7. The summed E-state index contributed by atoms with van der Waals surface area (Å²) in [5.41, 5.74) is 0. The maximum atomic E-state index is 13.2. The molecule has 0 aromatic carbocycles. The minimum absolute atomic E-state index is 0.0751. The first-order chi connectivity index (χ1) is 30.0. The predicted octanol–water partition coefficient (Wildman–Crippen LogP) is 16.3. The number of allylic oxidation sites excluding steroid dienone is 4. The number of rotatable bonds is 49. The third-order valence-corrected chi connectivity index (χ3v) is 12.5.